The van der Waals surface area contributed by atoms with Gasteiger partial charge in [-0.25, -0.2) is 0 Å². The maximum Gasteiger partial charge on any atom is 0.220 e. The lowest BCUT2D eigenvalue weighted by Crippen LogP contribution is -2.31. The van der Waals surface area contributed by atoms with Crippen molar-refractivity contribution in [1.82, 2.24) is 5.32 Å². The van der Waals surface area contributed by atoms with Crippen molar-refractivity contribution in [2.75, 3.05) is 6.54 Å². The van der Waals surface area contributed by atoms with Crippen molar-refractivity contribution in [3.05, 3.63) is 0 Å². The smallest absolute Gasteiger partial charge is 0.220 e. The zero-order chi connectivity index (χ0) is 11.1. The van der Waals surface area contributed by atoms with Crippen molar-refractivity contribution < 1.29 is 4.79 Å². The molecule has 0 radical (unpaired) electrons. The highest BCUT2D eigenvalue weighted by Crippen LogP contribution is 2.08. The molecule has 3 heteroatoms. The predicted octanol–water partition coefficient (Wildman–Crippen LogP) is 2.80. The fourth-order valence-corrected chi connectivity index (χ4v) is 1.03. The molecule has 0 bridgehead atoms. The molecule has 0 heterocycles. The average molecular weight is 220 g/mol. The summed E-state index contributed by atoms with van der Waals surface area (Å²) in [7, 11) is 0. The molecular formula is C11H22ClNO. The van der Waals surface area contributed by atoms with Crippen molar-refractivity contribution in [2.45, 2.75) is 45.9 Å². The molecule has 2 nitrogen and oxygen atoms in total. The molecule has 14 heavy (non-hydrogen) atoms. The van der Waals surface area contributed by atoms with Crippen LogP contribution in [0.15, 0.2) is 0 Å². The van der Waals surface area contributed by atoms with Crippen LogP contribution in [0.1, 0.15) is 40.5 Å². The molecule has 0 saturated carbocycles. The Morgan fingerprint density at radius 2 is 1.86 bits per heavy atom. The summed E-state index contributed by atoms with van der Waals surface area (Å²) in [5, 5.41) is 2.89. The molecule has 0 aliphatic rings. The molecule has 84 valence electrons. The van der Waals surface area contributed by atoms with Gasteiger partial charge in [-0.05, 0) is 18.3 Å². The monoisotopic (exact) mass is 219 g/mol. The third-order valence-corrected chi connectivity index (χ3v) is 2.82. The van der Waals surface area contributed by atoms with E-state index in [2.05, 4.69) is 33.0 Å². The molecule has 0 spiro atoms. The van der Waals surface area contributed by atoms with Gasteiger partial charge in [-0.2, -0.15) is 0 Å². The molecule has 0 aliphatic heterocycles. The lowest BCUT2D eigenvalue weighted by Gasteiger charge is -2.14. The Kier molecular flexibility index (Phi) is 6.98. The molecule has 1 amide bonds. The average Bonchev–Trinajstić information content (AvgIpc) is 2.10. The Balaban J connectivity index is 3.54. The lowest BCUT2D eigenvalue weighted by molar-refractivity contribution is -0.121. The predicted molar refractivity (Wildman–Crippen MR) is 61.6 cm³/mol. The summed E-state index contributed by atoms with van der Waals surface area (Å²) < 4.78 is 0. The zero-order valence-corrected chi connectivity index (χ0v) is 10.4. The number of halogens is 1. The van der Waals surface area contributed by atoms with Gasteiger partial charge >= 0.3 is 0 Å². The molecule has 0 aliphatic carbocycles. The van der Waals surface area contributed by atoms with Gasteiger partial charge in [0, 0.05) is 13.0 Å². The van der Waals surface area contributed by atoms with Crippen LogP contribution in [0.2, 0.25) is 0 Å². The molecular weight excluding hydrogens is 198 g/mol. The highest BCUT2D eigenvalue weighted by atomic mass is 35.5. The Morgan fingerprint density at radius 3 is 2.29 bits per heavy atom. The van der Waals surface area contributed by atoms with Gasteiger partial charge in [0.25, 0.3) is 0 Å². The molecule has 1 unspecified atom stereocenters. The highest BCUT2D eigenvalue weighted by molar-refractivity contribution is 6.21. The molecule has 1 N–H and O–H groups in total. The first-order valence-electron chi connectivity index (χ1n) is 5.34. The lowest BCUT2D eigenvalue weighted by atomic mass is 10.1. The summed E-state index contributed by atoms with van der Waals surface area (Å²) in [4.78, 5) is 11.3. The summed E-state index contributed by atoms with van der Waals surface area (Å²) in [6.45, 7) is 8.92. The zero-order valence-electron chi connectivity index (χ0n) is 9.64. The normalized spacial score (nSPS) is 13.4. The first-order chi connectivity index (χ1) is 6.43. The van der Waals surface area contributed by atoms with Crippen molar-refractivity contribution >= 4 is 17.5 Å². The Hall–Kier alpha value is -0.240. The fraction of sp³-hybridized carbons (Fsp3) is 0.909. The van der Waals surface area contributed by atoms with E-state index < -0.39 is 0 Å². The molecule has 0 aromatic heterocycles. The number of rotatable bonds is 6. The summed E-state index contributed by atoms with van der Waals surface area (Å²) in [6.07, 6.45) is 1.56. The van der Waals surface area contributed by atoms with E-state index in [1.807, 2.05) is 0 Å². The van der Waals surface area contributed by atoms with E-state index in [0.717, 1.165) is 6.42 Å². The molecule has 1 atom stereocenters. The topological polar surface area (TPSA) is 29.1 Å². The molecule has 0 rings (SSSR count). The minimum atomic E-state index is 0.0398. The maximum absolute atomic E-state index is 11.3. The van der Waals surface area contributed by atoms with Gasteiger partial charge in [-0.1, -0.05) is 27.7 Å². The summed E-state index contributed by atoms with van der Waals surface area (Å²) in [5.41, 5.74) is 0. The van der Waals surface area contributed by atoms with Crippen LogP contribution in [0.4, 0.5) is 0 Å². The van der Waals surface area contributed by atoms with E-state index in [9.17, 15) is 4.79 Å². The van der Waals surface area contributed by atoms with Crippen LogP contribution in [0.3, 0.4) is 0 Å². The Labute approximate surface area is 92.4 Å². The number of amides is 1. The van der Waals surface area contributed by atoms with E-state index in [0.29, 0.717) is 24.8 Å². The van der Waals surface area contributed by atoms with E-state index in [4.69, 9.17) is 11.6 Å². The van der Waals surface area contributed by atoms with Gasteiger partial charge in [0.15, 0.2) is 0 Å². The second-order valence-corrected chi connectivity index (χ2v) is 5.06. The SMILES string of the molecule is CC(C)CCC(=O)NCC(Cl)C(C)C. The second-order valence-electron chi connectivity index (χ2n) is 4.50. The minimum absolute atomic E-state index is 0.0398. The summed E-state index contributed by atoms with van der Waals surface area (Å²) in [6, 6.07) is 0. The Bertz CT molecular complexity index is 169. The van der Waals surface area contributed by atoms with Crippen LogP contribution in [0.25, 0.3) is 0 Å². The number of carbonyl (C=O) groups is 1. The van der Waals surface area contributed by atoms with Crippen LogP contribution in [0, 0.1) is 11.8 Å². The van der Waals surface area contributed by atoms with Gasteiger partial charge in [0.05, 0.1) is 5.38 Å². The third kappa shape index (κ3) is 7.19. The second kappa shape index (κ2) is 7.10. The molecule has 0 saturated heterocycles. The maximum atomic E-state index is 11.3. The van der Waals surface area contributed by atoms with Gasteiger partial charge in [-0.3, -0.25) is 4.79 Å². The highest BCUT2D eigenvalue weighted by Gasteiger charge is 2.10. The molecule has 0 fully saturated rings. The fourth-order valence-electron chi connectivity index (χ4n) is 0.955. The molecule has 0 aromatic rings. The van der Waals surface area contributed by atoms with E-state index >= 15 is 0 Å². The van der Waals surface area contributed by atoms with E-state index in [-0.39, 0.29) is 11.3 Å². The summed E-state index contributed by atoms with van der Waals surface area (Å²) >= 11 is 6.01. The van der Waals surface area contributed by atoms with Crippen LogP contribution in [-0.2, 0) is 4.79 Å². The van der Waals surface area contributed by atoms with E-state index in [1.165, 1.54) is 0 Å². The minimum Gasteiger partial charge on any atom is -0.355 e. The van der Waals surface area contributed by atoms with Crippen molar-refractivity contribution in [3.63, 3.8) is 0 Å². The quantitative estimate of drug-likeness (QED) is 0.684. The van der Waals surface area contributed by atoms with Crippen molar-refractivity contribution in [2.24, 2.45) is 11.8 Å². The number of nitrogens with one attached hydrogen (secondary N) is 1. The van der Waals surface area contributed by atoms with Crippen LogP contribution in [0.5, 0.6) is 0 Å². The molecule has 0 aromatic carbocycles. The number of alkyl halides is 1. The van der Waals surface area contributed by atoms with Crippen molar-refractivity contribution in [1.29, 1.82) is 0 Å². The van der Waals surface area contributed by atoms with Crippen LogP contribution in [-0.4, -0.2) is 17.8 Å². The largest absolute Gasteiger partial charge is 0.355 e. The van der Waals surface area contributed by atoms with Crippen LogP contribution < -0.4 is 5.32 Å². The first kappa shape index (κ1) is 13.8. The number of carbonyl (C=O) groups excluding carboxylic acids is 1. The number of hydrogen-bond donors (Lipinski definition) is 1. The van der Waals surface area contributed by atoms with Gasteiger partial charge in [-0.15, -0.1) is 11.6 Å². The first-order valence-corrected chi connectivity index (χ1v) is 5.78. The standard InChI is InChI=1S/C11H22ClNO/c1-8(2)5-6-11(14)13-7-10(12)9(3)4/h8-10H,5-7H2,1-4H3,(H,13,14). The third-order valence-electron chi connectivity index (χ3n) is 2.17. The van der Waals surface area contributed by atoms with Gasteiger partial charge in [0.2, 0.25) is 5.91 Å². The van der Waals surface area contributed by atoms with Gasteiger partial charge in [0.1, 0.15) is 0 Å². The van der Waals surface area contributed by atoms with E-state index in [1.54, 1.807) is 0 Å². The Morgan fingerprint density at radius 1 is 1.29 bits per heavy atom. The summed E-state index contributed by atoms with van der Waals surface area (Å²) in [5.74, 6) is 1.10. The van der Waals surface area contributed by atoms with Gasteiger partial charge < -0.3 is 5.32 Å². The van der Waals surface area contributed by atoms with Crippen molar-refractivity contribution in [3.8, 4) is 0 Å². The van der Waals surface area contributed by atoms with Crippen LogP contribution >= 0.6 is 11.6 Å². The number of hydrogen-bond acceptors (Lipinski definition) is 1.